The van der Waals surface area contributed by atoms with Crippen molar-refractivity contribution in [3.8, 4) is 11.4 Å². The van der Waals surface area contributed by atoms with Gasteiger partial charge in [0, 0.05) is 5.69 Å². The third-order valence-corrected chi connectivity index (χ3v) is 24.1. The van der Waals surface area contributed by atoms with Gasteiger partial charge in [0.05, 0.1) is 0 Å². The first kappa shape index (κ1) is 40.8. The molecule has 0 radical (unpaired) electrons. The Kier molecular flexibility index (Phi) is 9.88. The van der Waals surface area contributed by atoms with Gasteiger partial charge in [-0.1, -0.05) is 30.3 Å². The summed E-state index contributed by atoms with van der Waals surface area (Å²) in [5.41, 5.74) is 9.66. The van der Waals surface area contributed by atoms with Crippen LogP contribution in [0, 0.1) is 5.82 Å². The van der Waals surface area contributed by atoms with Crippen molar-refractivity contribution < 1.29 is 4.39 Å². The first-order valence-corrected chi connectivity index (χ1v) is 27.7. The first-order chi connectivity index (χ1) is 34.1. The Morgan fingerprint density at radius 3 is 1.33 bits per heavy atom. The molecule has 0 amide bonds. The Hall–Kier alpha value is -8.45. The summed E-state index contributed by atoms with van der Waals surface area (Å²) in [4.78, 5) is 2.43. The summed E-state index contributed by atoms with van der Waals surface area (Å²) < 4.78 is 24.8. The number of hydrogen-bond donors (Lipinski definition) is 0. The maximum absolute atomic E-state index is 14.7. The molecule has 0 aliphatic carbocycles. The SMILES string of the molecule is Fc1ccc(-n2c3ccc(N(c4ccc5c(c4)c4ccccc4n5-c4ccccc4)c4cccc5ccccc45)cc3c3c[c]([Ge]([c]4ccccc4)([c]4ccccc4)[c]4ccccc4)ccc32)cc1. The molecule has 5 heteroatoms. The fourth-order valence-electron chi connectivity index (χ4n) is 11.1. The summed E-state index contributed by atoms with van der Waals surface area (Å²) >= 11 is -3.68. The molecule has 0 saturated carbocycles. The van der Waals surface area contributed by atoms with Gasteiger partial charge in [0.15, 0.2) is 0 Å². The summed E-state index contributed by atoms with van der Waals surface area (Å²) in [7, 11) is 0. The Balaban J connectivity index is 1.11. The van der Waals surface area contributed by atoms with Crippen molar-refractivity contribution in [3.05, 3.63) is 273 Å². The molecule has 326 valence electrons. The Morgan fingerprint density at radius 1 is 0.304 bits per heavy atom. The first-order valence-electron chi connectivity index (χ1n) is 23.5. The standard InChI is InChI=1S/C64H44FGeN3/c65-46-32-35-52(36-33-46)69-62-39-34-50(66(47-20-5-1-6-21-47,48-22-7-2-8-23-48)49-24-9-3-10-25-49)42-57(62)59-44-54(38-41-64(59)69)67(60-31-17-19-45-18-13-14-28-55(45)60)53-37-40-63-58(43-53)56-29-15-16-30-61(56)68(63)51-26-11-4-12-27-51/h1-44H. The molecule has 0 saturated heterocycles. The van der Waals surface area contributed by atoms with Crippen LogP contribution in [0.25, 0.3) is 65.8 Å². The van der Waals surface area contributed by atoms with Gasteiger partial charge in [0.25, 0.3) is 0 Å². The molecule has 0 atom stereocenters. The van der Waals surface area contributed by atoms with E-state index in [1.165, 1.54) is 39.3 Å². The van der Waals surface area contributed by atoms with Gasteiger partial charge in [-0.3, -0.25) is 0 Å². The van der Waals surface area contributed by atoms with E-state index >= 15 is 0 Å². The molecule has 0 aliphatic rings. The molecule has 2 aromatic heterocycles. The Morgan fingerprint density at radius 2 is 0.739 bits per heavy atom. The summed E-state index contributed by atoms with van der Waals surface area (Å²) in [6, 6.07) is 96.0. The van der Waals surface area contributed by atoms with E-state index in [1.807, 2.05) is 12.1 Å². The molecule has 0 spiro atoms. The van der Waals surface area contributed by atoms with E-state index in [2.05, 4.69) is 257 Å². The Bertz CT molecular complexity index is 3910. The number of hydrogen-bond acceptors (Lipinski definition) is 1. The molecule has 69 heavy (non-hydrogen) atoms. The molecular weight excluding hydrogens is 902 g/mol. The zero-order chi connectivity index (χ0) is 45.9. The molecular formula is C64H44FGeN3. The van der Waals surface area contributed by atoms with E-state index in [0.717, 1.165) is 61.1 Å². The quantitative estimate of drug-likeness (QED) is 0.131. The van der Waals surface area contributed by atoms with Gasteiger partial charge < -0.3 is 0 Å². The molecule has 3 nitrogen and oxygen atoms in total. The zero-order valence-electron chi connectivity index (χ0n) is 37.6. The minimum absolute atomic E-state index is 0.259. The molecule has 2 heterocycles. The van der Waals surface area contributed by atoms with E-state index in [1.54, 1.807) is 12.1 Å². The van der Waals surface area contributed by atoms with E-state index in [0.29, 0.717) is 0 Å². The van der Waals surface area contributed by atoms with Crippen LogP contribution in [0.15, 0.2) is 267 Å². The number of benzene rings is 11. The van der Waals surface area contributed by atoms with Gasteiger partial charge in [-0.05, 0) is 18.2 Å². The van der Waals surface area contributed by atoms with E-state index in [4.69, 9.17) is 0 Å². The van der Waals surface area contributed by atoms with Crippen LogP contribution in [0.5, 0.6) is 0 Å². The second-order valence-electron chi connectivity index (χ2n) is 17.8. The van der Waals surface area contributed by atoms with Crippen molar-refractivity contribution in [1.29, 1.82) is 0 Å². The number of anilines is 3. The molecule has 0 fully saturated rings. The molecule has 11 aromatic carbocycles. The molecule has 0 N–H and O–H groups in total. The van der Waals surface area contributed by atoms with Crippen LogP contribution in [-0.2, 0) is 0 Å². The molecule has 0 unspecified atom stereocenters. The van der Waals surface area contributed by atoms with Crippen molar-refractivity contribution >= 4 is 102 Å². The number of aromatic nitrogens is 2. The van der Waals surface area contributed by atoms with Crippen LogP contribution in [-0.4, -0.2) is 22.4 Å². The van der Waals surface area contributed by atoms with Gasteiger partial charge >= 0.3 is 351 Å². The molecule has 13 rings (SSSR count). The number of para-hydroxylation sites is 2. The second kappa shape index (κ2) is 16.7. The normalized spacial score (nSPS) is 11.8. The number of halogens is 1. The van der Waals surface area contributed by atoms with Crippen LogP contribution >= 0.6 is 0 Å². The van der Waals surface area contributed by atoms with Gasteiger partial charge in [0.2, 0.25) is 0 Å². The minimum atomic E-state index is -3.68. The topological polar surface area (TPSA) is 13.1 Å². The maximum atomic E-state index is 14.7. The molecule has 0 aliphatic heterocycles. The average Bonchev–Trinajstić information content (AvgIpc) is 3.92. The predicted octanol–water partition coefficient (Wildman–Crippen LogP) is 14.0. The van der Waals surface area contributed by atoms with Crippen molar-refractivity contribution in [2.45, 2.75) is 0 Å². The van der Waals surface area contributed by atoms with Gasteiger partial charge in [-0.25, -0.2) is 0 Å². The zero-order valence-corrected chi connectivity index (χ0v) is 39.7. The van der Waals surface area contributed by atoms with Crippen LogP contribution in [0.3, 0.4) is 0 Å². The third-order valence-electron chi connectivity index (χ3n) is 14.1. The van der Waals surface area contributed by atoms with Gasteiger partial charge in [0.1, 0.15) is 0 Å². The monoisotopic (exact) mass is 947 g/mol. The van der Waals surface area contributed by atoms with Gasteiger partial charge in [-0.15, -0.1) is 0 Å². The van der Waals surface area contributed by atoms with Crippen molar-refractivity contribution in [2.75, 3.05) is 4.90 Å². The molecule has 13 aromatic rings. The van der Waals surface area contributed by atoms with Crippen LogP contribution in [0.4, 0.5) is 21.5 Å². The molecule has 0 bridgehead atoms. The van der Waals surface area contributed by atoms with Crippen LogP contribution in [0.2, 0.25) is 0 Å². The average molecular weight is 947 g/mol. The Labute approximate surface area is 402 Å². The van der Waals surface area contributed by atoms with Crippen LogP contribution in [0.1, 0.15) is 0 Å². The van der Waals surface area contributed by atoms with Crippen LogP contribution < -0.4 is 22.5 Å². The van der Waals surface area contributed by atoms with E-state index in [-0.39, 0.29) is 5.82 Å². The summed E-state index contributed by atoms with van der Waals surface area (Å²) in [5.74, 6) is -0.259. The summed E-state index contributed by atoms with van der Waals surface area (Å²) in [5, 5.41) is 6.98. The third kappa shape index (κ3) is 6.63. The van der Waals surface area contributed by atoms with Crippen molar-refractivity contribution in [2.24, 2.45) is 0 Å². The van der Waals surface area contributed by atoms with E-state index in [9.17, 15) is 4.39 Å². The predicted molar refractivity (Wildman–Crippen MR) is 291 cm³/mol. The van der Waals surface area contributed by atoms with Crippen molar-refractivity contribution in [1.82, 2.24) is 9.13 Å². The number of rotatable bonds is 9. The summed E-state index contributed by atoms with van der Waals surface area (Å²) in [6.07, 6.45) is 0. The fraction of sp³-hybridized carbons (Fsp3) is 0. The summed E-state index contributed by atoms with van der Waals surface area (Å²) in [6.45, 7) is 0. The second-order valence-corrected chi connectivity index (χ2v) is 25.8. The fourth-order valence-corrected chi connectivity index (χ4v) is 21.1. The number of nitrogens with zero attached hydrogens (tertiary/aromatic N) is 3. The number of fused-ring (bicyclic) bond motifs is 7. The van der Waals surface area contributed by atoms with Gasteiger partial charge in [-0.2, -0.15) is 0 Å². The van der Waals surface area contributed by atoms with Crippen molar-refractivity contribution in [3.63, 3.8) is 0 Å². The van der Waals surface area contributed by atoms with E-state index < -0.39 is 13.3 Å².